The number of esters is 1. The average Bonchev–Trinajstić information content (AvgIpc) is 3.39. The summed E-state index contributed by atoms with van der Waals surface area (Å²) >= 11 is 0. The number of hydrogen-bond donors (Lipinski definition) is 1. The third-order valence-corrected chi connectivity index (χ3v) is 7.98. The second-order valence-corrected chi connectivity index (χ2v) is 10.2. The summed E-state index contributed by atoms with van der Waals surface area (Å²) in [5.74, 6) is -1.97. The second kappa shape index (κ2) is 11.9. The quantitative estimate of drug-likeness (QED) is 0.535. The molecular weight excluding hydrogens is 478 g/mol. The highest BCUT2D eigenvalue weighted by Crippen LogP contribution is 2.38. The van der Waals surface area contributed by atoms with Crippen LogP contribution in [0.2, 0.25) is 0 Å². The maximum atomic E-state index is 14.8. The van der Waals surface area contributed by atoms with Crippen molar-refractivity contribution >= 4 is 17.7 Å². The first-order chi connectivity index (χ1) is 17.8. The molecule has 198 valence electrons. The first-order valence-electron chi connectivity index (χ1n) is 12.9. The second-order valence-electron chi connectivity index (χ2n) is 10.2. The fraction of sp³-hybridized carbons (Fsp3) is 0.483. The number of halogens is 2. The third-order valence-electron chi connectivity index (χ3n) is 7.98. The van der Waals surface area contributed by atoms with E-state index >= 15 is 0 Å². The molecular formula is C29H34F2N2O4. The van der Waals surface area contributed by atoms with Gasteiger partial charge in [-0.2, -0.15) is 0 Å². The Labute approximate surface area is 216 Å². The normalized spacial score (nSPS) is 24.5. The molecule has 3 atom stereocenters. The van der Waals surface area contributed by atoms with Gasteiger partial charge in [-0.3, -0.25) is 9.59 Å². The van der Waals surface area contributed by atoms with Crippen molar-refractivity contribution in [3.05, 3.63) is 71.0 Å². The fourth-order valence-corrected chi connectivity index (χ4v) is 5.87. The number of rotatable bonds is 8. The number of ketones is 1. The number of hydrogen-bond acceptors (Lipinski definition) is 5. The SMILES string of the molecule is COC(=O)c1ccc(CC(=O)[C@@H]2[C@@H](c3ccccc3)CCN2C(=O)C2CCC(C(N)CF)CC2)c(F)c1. The van der Waals surface area contributed by atoms with Crippen molar-refractivity contribution in [2.75, 3.05) is 20.3 Å². The van der Waals surface area contributed by atoms with Gasteiger partial charge in [0.1, 0.15) is 12.5 Å². The van der Waals surface area contributed by atoms with Crippen molar-refractivity contribution in [3.8, 4) is 0 Å². The smallest absolute Gasteiger partial charge is 0.337 e. The molecule has 4 rings (SSSR count). The lowest BCUT2D eigenvalue weighted by atomic mass is 9.78. The Balaban J connectivity index is 1.55. The topological polar surface area (TPSA) is 89.7 Å². The van der Waals surface area contributed by atoms with Crippen LogP contribution in [-0.4, -0.2) is 55.0 Å². The van der Waals surface area contributed by atoms with Crippen LogP contribution in [0.1, 0.15) is 59.5 Å². The van der Waals surface area contributed by atoms with Crippen LogP contribution in [0.4, 0.5) is 8.78 Å². The van der Waals surface area contributed by atoms with E-state index in [1.165, 1.54) is 19.2 Å². The van der Waals surface area contributed by atoms with Crippen LogP contribution in [0, 0.1) is 17.7 Å². The lowest BCUT2D eigenvalue weighted by Gasteiger charge is -2.35. The molecule has 1 unspecified atom stereocenters. The highest BCUT2D eigenvalue weighted by atomic mass is 19.1. The van der Waals surface area contributed by atoms with Gasteiger partial charge in [-0.25, -0.2) is 13.6 Å². The van der Waals surface area contributed by atoms with Crippen LogP contribution in [0.3, 0.4) is 0 Å². The molecule has 0 spiro atoms. The predicted molar refractivity (Wildman–Crippen MR) is 135 cm³/mol. The summed E-state index contributed by atoms with van der Waals surface area (Å²) in [6.45, 7) is -0.121. The molecule has 2 aromatic carbocycles. The van der Waals surface area contributed by atoms with Crippen LogP contribution in [0.5, 0.6) is 0 Å². The molecule has 2 fully saturated rings. The minimum atomic E-state index is -0.708. The molecule has 0 aromatic heterocycles. The van der Waals surface area contributed by atoms with E-state index in [4.69, 9.17) is 5.73 Å². The van der Waals surface area contributed by atoms with E-state index in [0.29, 0.717) is 38.6 Å². The van der Waals surface area contributed by atoms with E-state index in [9.17, 15) is 23.2 Å². The Hall–Kier alpha value is -3.13. The molecule has 1 aliphatic heterocycles. The van der Waals surface area contributed by atoms with Crippen LogP contribution in [-0.2, 0) is 20.7 Å². The van der Waals surface area contributed by atoms with Gasteiger partial charge in [-0.05, 0) is 61.3 Å². The molecule has 1 saturated carbocycles. The zero-order valence-electron chi connectivity index (χ0n) is 21.1. The van der Waals surface area contributed by atoms with E-state index in [2.05, 4.69) is 4.74 Å². The molecule has 2 aromatic rings. The largest absolute Gasteiger partial charge is 0.465 e. The highest BCUT2D eigenvalue weighted by molar-refractivity contribution is 5.93. The number of methoxy groups -OCH3 is 1. The first kappa shape index (κ1) is 26.9. The number of carbonyl (C=O) groups excluding carboxylic acids is 3. The predicted octanol–water partition coefficient (Wildman–Crippen LogP) is 4.21. The van der Waals surface area contributed by atoms with Gasteiger partial charge >= 0.3 is 5.97 Å². The van der Waals surface area contributed by atoms with E-state index in [1.807, 2.05) is 30.3 Å². The maximum Gasteiger partial charge on any atom is 0.337 e. The Morgan fingerprint density at radius 3 is 2.38 bits per heavy atom. The lowest BCUT2D eigenvalue weighted by Crippen LogP contribution is -2.47. The summed E-state index contributed by atoms with van der Waals surface area (Å²) in [4.78, 5) is 40.8. The minimum absolute atomic E-state index is 0.0643. The van der Waals surface area contributed by atoms with Crippen LogP contribution in [0.15, 0.2) is 48.5 Å². The third kappa shape index (κ3) is 5.90. The number of benzene rings is 2. The molecule has 6 nitrogen and oxygen atoms in total. The van der Waals surface area contributed by atoms with Crippen molar-refractivity contribution in [1.82, 2.24) is 4.90 Å². The number of alkyl halides is 1. The van der Waals surface area contributed by atoms with Crippen LogP contribution >= 0.6 is 0 Å². The van der Waals surface area contributed by atoms with Crippen LogP contribution in [0.25, 0.3) is 0 Å². The van der Waals surface area contributed by atoms with Gasteiger partial charge in [0.15, 0.2) is 5.78 Å². The number of carbonyl (C=O) groups is 3. The van der Waals surface area contributed by atoms with Gasteiger partial charge in [0.2, 0.25) is 5.91 Å². The number of nitrogens with two attached hydrogens (primary N) is 1. The van der Waals surface area contributed by atoms with Gasteiger partial charge in [-0.15, -0.1) is 0 Å². The molecule has 1 heterocycles. The number of Topliss-reactive ketones (excluding diaryl/α,β-unsaturated/α-hetero) is 1. The molecule has 37 heavy (non-hydrogen) atoms. The maximum absolute atomic E-state index is 14.8. The Bertz CT molecular complexity index is 1120. The van der Waals surface area contributed by atoms with E-state index < -0.39 is 30.5 Å². The zero-order valence-corrected chi connectivity index (χ0v) is 21.1. The number of ether oxygens (including phenoxy) is 1. The molecule has 2 aliphatic rings. The highest BCUT2D eigenvalue weighted by Gasteiger charge is 2.44. The van der Waals surface area contributed by atoms with Crippen molar-refractivity contribution < 1.29 is 27.9 Å². The first-order valence-corrected chi connectivity index (χ1v) is 12.9. The zero-order chi connectivity index (χ0) is 26.5. The molecule has 1 saturated heterocycles. The molecule has 8 heteroatoms. The average molecular weight is 513 g/mol. The van der Waals surface area contributed by atoms with Crippen molar-refractivity contribution in [2.24, 2.45) is 17.6 Å². The van der Waals surface area contributed by atoms with Gasteiger partial charge in [0, 0.05) is 30.8 Å². The lowest BCUT2D eigenvalue weighted by molar-refractivity contribution is -0.142. The van der Waals surface area contributed by atoms with Crippen LogP contribution < -0.4 is 5.73 Å². The van der Waals surface area contributed by atoms with Gasteiger partial charge in [-0.1, -0.05) is 36.4 Å². The van der Waals surface area contributed by atoms with Crippen molar-refractivity contribution in [2.45, 2.75) is 56.5 Å². The molecule has 0 radical (unpaired) electrons. The fourth-order valence-electron chi connectivity index (χ4n) is 5.87. The summed E-state index contributed by atoms with van der Waals surface area (Å²) < 4.78 is 32.5. The Kier molecular flexibility index (Phi) is 8.69. The van der Waals surface area contributed by atoms with E-state index in [0.717, 1.165) is 11.6 Å². The minimum Gasteiger partial charge on any atom is -0.465 e. The Morgan fingerprint density at radius 1 is 1.05 bits per heavy atom. The number of likely N-dealkylation sites (tertiary alicyclic amines) is 1. The monoisotopic (exact) mass is 512 g/mol. The van der Waals surface area contributed by atoms with E-state index in [-0.39, 0.29) is 47.0 Å². The number of nitrogens with zero attached hydrogens (tertiary/aromatic N) is 1. The summed E-state index contributed by atoms with van der Waals surface area (Å²) in [5.41, 5.74) is 7.09. The van der Waals surface area contributed by atoms with Gasteiger partial charge in [0.05, 0.1) is 18.7 Å². The summed E-state index contributed by atoms with van der Waals surface area (Å²) in [7, 11) is 1.22. The standard InChI is InChI=1S/C29H34F2N2O4/c1-37-29(36)22-12-11-21(24(31)15-22)16-26(34)27-23(18-5-3-2-4-6-18)13-14-33(27)28(35)20-9-7-19(8-10-20)25(32)17-30/h2-6,11-12,15,19-20,23,25,27H,7-10,13-14,16-17,32H2,1H3/t19?,20?,23-,25?,27+/m1/s1. The van der Waals surface area contributed by atoms with Crippen molar-refractivity contribution in [1.29, 1.82) is 0 Å². The molecule has 2 N–H and O–H groups in total. The van der Waals surface area contributed by atoms with Crippen molar-refractivity contribution in [3.63, 3.8) is 0 Å². The molecule has 1 amide bonds. The summed E-state index contributed by atoms with van der Waals surface area (Å²) in [6.07, 6.45) is 3.06. The Morgan fingerprint density at radius 2 is 1.76 bits per heavy atom. The van der Waals surface area contributed by atoms with Gasteiger partial charge < -0.3 is 15.4 Å². The summed E-state index contributed by atoms with van der Waals surface area (Å²) in [5, 5.41) is 0. The molecule has 0 bridgehead atoms. The number of amides is 1. The van der Waals surface area contributed by atoms with Gasteiger partial charge in [0.25, 0.3) is 0 Å². The molecule has 1 aliphatic carbocycles. The van der Waals surface area contributed by atoms with E-state index in [1.54, 1.807) is 4.90 Å². The summed E-state index contributed by atoms with van der Waals surface area (Å²) in [6, 6.07) is 12.3.